The molecule has 1 fully saturated rings. The van der Waals surface area contributed by atoms with Crippen molar-refractivity contribution >= 4 is 23.4 Å². The summed E-state index contributed by atoms with van der Waals surface area (Å²) in [7, 11) is 0. The minimum absolute atomic E-state index is 0.152. The molecule has 0 spiro atoms. The maximum atomic E-state index is 15.3. The number of halogens is 12. The van der Waals surface area contributed by atoms with E-state index in [0.717, 1.165) is 6.07 Å². The number of nitrogens with zero attached hydrogens (tertiary/aromatic N) is 2. The molecule has 1 saturated heterocycles. The van der Waals surface area contributed by atoms with Crippen molar-refractivity contribution in [1.82, 2.24) is 4.90 Å². The van der Waals surface area contributed by atoms with E-state index in [-0.39, 0.29) is 22.6 Å². The van der Waals surface area contributed by atoms with E-state index in [0.29, 0.717) is 41.3 Å². The molecule has 1 N–H and O–H groups in total. The van der Waals surface area contributed by atoms with Gasteiger partial charge < -0.3 is 10.0 Å². The molecule has 2 aromatic carbocycles. The molecule has 0 aromatic heterocycles. The molecule has 3 amide bonds. The molecule has 0 atom stereocenters. The maximum absolute atomic E-state index is 15.3. The molecule has 296 valence electrons. The Morgan fingerprint density at radius 2 is 1.18 bits per heavy atom. The first-order valence-corrected chi connectivity index (χ1v) is 16.1. The lowest BCUT2D eigenvalue weighted by atomic mass is 9.71. The fourth-order valence-electron chi connectivity index (χ4n) is 6.78. The van der Waals surface area contributed by atoms with E-state index in [1.165, 1.54) is 41.5 Å². The molecule has 0 radical (unpaired) electrons. The first-order valence-electron chi connectivity index (χ1n) is 16.1. The summed E-state index contributed by atoms with van der Waals surface area (Å²) in [6, 6.07) is 3.33. The number of rotatable bonds is 4. The normalized spacial score (nSPS) is 17.7. The molecule has 3 aliphatic rings. The highest BCUT2D eigenvalue weighted by atomic mass is 19.4. The van der Waals surface area contributed by atoms with Gasteiger partial charge in [-0.2, -0.15) is 52.7 Å². The lowest BCUT2D eigenvalue weighted by molar-refractivity contribution is -0.376. The molecule has 6 nitrogen and oxygen atoms in total. The van der Waals surface area contributed by atoms with Crippen LogP contribution in [0.3, 0.4) is 0 Å². The second kappa shape index (κ2) is 12.3. The Balaban J connectivity index is 1.74. The van der Waals surface area contributed by atoms with Crippen LogP contribution >= 0.6 is 0 Å². The lowest BCUT2D eigenvalue weighted by Gasteiger charge is -2.39. The van der Waals surface area contributed by atoms with E-state index in [9.17, 15) is 45.8 Å². The fourth-order valence-corrected chi connectivity index (χ4v) is 6.78. The van der Waals surface area contributed by atoms with Crippen LogP contribution in [0, 0.1) is 0 Å². The molecular weight excluding hydrogens is 764 g/mol. The summed E-state index contributed by atoms with van der Waals surface area (Å²) in [5.41, 5.74) is -20.0. The van der Waals surface area contributed by atoms with Crippen molar-refractivity contribution in [3.63, 3.8) is 0 Å². The van der Waals surface area contributed by atoms with Crippen molar-refractivity contribution in [3.05, 3.63) is 105 Å². The summed E-state index contributed by atoms with van der Waals surface area (Å²) < 4.78 is 177. The average molecular weight is 795 g/mol. The van der Waals surface area contributed by atoms with E-state index in [2.05, 4.69) is 5.73 Å². The van der Waals surface area contributed by atoms with Crippen molar-refractivity contribution in [2.24, 2.45) is 0 Å². The third-order valence-corrected chi connectivity index (χ3v) is 9.57. The first kappa shape index (κ1) is 41.3. The fraction of sp³-hybridized carbons (Fsp3) is 0.405. The number of carbonyl (C=O) groups is 3. The van der Waals surface area contributed by atoms with Crippen molar-refractivity contribution < 1.29 is 72.2 Å². The van der Waals surface area contributed by atoms with E-state index in [1.54, 1.807) is 0 Å². The molecule has 5 rings (SSSR count). The summed E-state index contributed by atoms with van der Waals surface area (Å²) >= 11 is 0. The molecule has 0 unspecified atom stereocenters. The van der Waals surface area contributed by atoms with Crippen molar-refractivity contribution in [1.29, 1.82) is 0 Å². The third kappa shape index (κ3) is 6.17. The van der Waals surface area contributed by atoms with Gasteiger partial charge in [0.15, 0.2) is 0 Å². The van der Waals surface area contributed by atoms with E-state index < -0.39 is 116 Å². The third-order valence-electron chi connectivity index (χ3n) is 9.57. The highest BCUT2D eigenvalue weighted by molar-refractivity contribution is 6.22. The van der Waals surface area contributed by atoms with Crippen LogP contribution in [0.2, 0.25) is 0 Å². The maximum Gasteiger partial charge on any atom is 0.430 e. The standard InChI is InChI=1S/C37H30F12N2O4/c1-30(2,3)19-11-13-26(25(16-19)33(55,36(44,45)46)37(47,48)49)50-17-18-8-7-9-20(14-23(18)27(50)52)32(34(38,39)40,35(41,42)43)21-10-12-22-24(15-21)29(54)51(28(22)53)31(4,5)6/h7,9-16,55H,17H2,1-6H3. The van der Waals surface area contributed by atoms with Gasteiger partial charge in [0.25, 0.3) is 23.3 Å². The minimum atomic E-state index is -6.44. The number of benzene rings is 2. The number of amides is 3. The van der Waals surface area contributed by atoms with Crippen LogP contribution in [0.15, 0.2) is 77.1 Å². The molecule has 0 bridgehead atoms. The molecule has 1 aliphatic carbocycles. The van der Waals surface area contributed by atoms with E-state index in [4.69, 9.17) is 0 Å². The zero-order valence-corrected chi connectivity index (χ0v) is 29.5. The number of allylic oxidation sites excluding steroid dienone is 3. The Labute approximate surface area is 305 Å². The topological polar surface area (TPSA) is 77.9 Å². The van der Waals surface area contributed by atoms with E-state index >= 15 is 26.3 Å². The molecular formula is C37H30F12N2O4. The zero-order valence-electron chi connectivity index (χ0n) is 29.5. The summed E-state index contributed by atoms with van der Waals surface area (Å²) in [5, 5.41) is 10.5. The van der Waals surface area contributed by atoms with Crippen LogP contribution in [0.4, 0.5) is 58.4 Å². The number of anilines is 1. The number of carbonyl (C=O) groups excluding carboxylic acids is 3. The monoisotopic (exact) mass is 794 g/mol. The first-order chi connectivity index (χ1) is 24.7. The van der Waals surface area contributed by atoms with Crippen LogP contribution in [0.5, 0.6) is 0 Å². The van der Waals surface area contributed by atoms with Gasteiger partial charge in [-0.05, 0) is 85.4 Å². The number of fused-ring (bicyclic) bond motifs is 2. The van der Waals surface area contributed by atoms with Gasteiger partial charge in [-0.15, -0.1) is 5.73 Å². The molecule has 2 heterocycles. The summed E-state index contributed by atoms with van der Waals surface area (Å²) in [6.45, 7) is 7.48. The van der Waals surface area contributed by atoms with Crippen molar-refractivity contribution in [2.45, 2.75) is 88.2 Å². The highest BCUT2D eigenvalue weighted by Gasteiger charge is 2.74. The van der Waals surface area contributed by atoms with Gasteiger partial charge in [0, 0.05) is 16.7 Å². The number of imide groups is 1. The van der Waals surface area contributed by atoms with Crippen LogP contribution in [-0.4, -0.2) is 64.5 Å². The Hall–Kier alpha value is -4.83. The largest absolute Gasteiger partial charge is 0.430 e. The predicted octanol–water partition coefficient (Wildman–Crippen LogP) is 9.05. The van der Waals surface area contributed by atoms with Gasteiger partial charge in [0.1, 0.15) is 0 Å². The minimum Gasteiger partial charge on any atom is -0.369 e. The van der Waals surface area contributed by atoms with Gasteiger partial charge in [0.05, 0.1) is 28.9 Å². The van der Waals surface area contributed by atoms with Gasteiger partial charge >= 0.3 is 24.7 Å². The van der Waals surface area contributed by atoms with Gasteiger partial charge in [-0.3, -0.25) is 19.3 Å². The highest BCUT2D eigenvalue weighted by Crippen LogP contribution is 2.58. The Morgan fingerprint density at radius 3 is 1.67 bits per heavy atom. The van der Waals surface area contributed by atoms with Gasteiger partial charge in [-0.25, -0.2) is 0 Å². The van der Waals surface area contributed by atoms with Crippen LogP contribution in [0.25, 0.3) is 0 Å². The second-order valence-electron chi connectivity index (χ2n) is 15.2. The predicted molar refractivity (Wildman–Crippen MR) is 172 cm³/mol. The summed E-state index contributed by atoms with van der Waals surface area (Å²) in [6.07, 6.45) is -24.4. The number of hydrogen-bond donors (Lipinski definition) is 1. The zero-order chi connectivity index (χ0) is 41.9. The number of alkyl halides is 12. The Kier molecular flexibility index (Phi) is 9.27. The Bertz CT molecular complexity index is 2100. The molecule has 2 aliphatic heterocycles. The summed E-state index contributed by atoms with van der Waals surface area (Å²) in [4.78, 5) is 41.0. The smallest absolute Gasteiger partial charge is 0.369 e. The number of hydrogen-bond acceptors (Lipinski definition) is 4. The van der Waals surface area contributed by atoms with Crippen molar-refractivity contribution in [3.8, 4) is 0 Å². The van der Waals surface area contributed by atoms with E-state index in [1.807, 2.05) is 0 Å². The SMILES string of the molecule is CC(C)(C)c1ccc(N2CC3=C=CC=C(C(c4ccc5c(c4)C(=O)N(C(C)(C)C)C5=O)(C(F)(F)F)C(F)(F)F)C=C3C2=O)c(C(O)(C(F)(F)F)C(F)(F)F)c1. The summed E-state index contributed by atoms with van der Waals surface area (Å²) in [5.74, 6) is -3.78. The van der Waals surface area contributed by atoms with Gasteiger partial charge in [-0.1, -0.05) is 32.9 Å². The molecule has 0 saturated carbocycles. The molecule has 2 aromatic rings. The second-order valence-corrected chi connectivity index (χ2v) is 15.2. The molecule has 18 heteroatoms. The van der Waals surface area contributed by atoms with Crippen LogP contribution in [-0.2, 0) is 21.2 Å². The Morgan fingerprint density at radius 1 is 0.655 bits per heavy atom. The molecule has 55 heavy (non-hydrogen) atoms. The lowest BCUT2D eigenvalue weighted by Crippen LogP contribution is -2.55. The average Bonchev–Trinajstić information content (AvgIpc) is 3.33. The van der Waals surface area contributed by atoms with Gasteiger partial charge in [0.2, 0.25) is 5.41 Å². The van der Waals surface area contributed by atoms with Crippen molar-refractivity contribution in [2.75, 3.05) is 11.4 Å². The van der Waals surface area contributed by atoms with Crippen LogP contribution < -0.4 is 4.90 Å². The van der Waals surface area contributed by atoms with Crippen LogP contribution in [0.1, 0.15) is 78.9 Å². The number of aliphatic hydroxyl groups is 1. The quantitative estimate of drug-likeness (QED) is 0.191.